The monoisotopic (exact) mass is 233 g/mol. The van der Waals surface area contributed by atoms with Gasteiger partial charge in [0, 0.05) is 31.5 Å². The van der Waals surface area contributed by atoms with Crippen molar-refractivity contribution in [1.82, 2.24) is 9.88 Å². The molecule has 0 aliphatic carbocycles. The minimum Gasteiger partial charge on any atom is -0.385 e. The van der Waals surface area contributed by atoms with Crippen molar-refractivity contribution in [2.75, 3.05) is 25.0 Å². The molecule has 2 rings (SSSR count). The first kappa shape index (κ1) is 12.4. The van der Waals surface area contributed by atoms with E-state index in [1.54, 1.807) is 0 Å². The molecule has 0 radical (unpaired) electrons. The van der Waals surface area contributed by atoms with E-state index in [4.69, 9.17) is 0 Å². The summed E-state index contributed by atoms with van der Waals surface area (Å²) in [5.74, 6) is 0.895. The Morgan fingerprint density at radius 1 is 1.47 bits per heavy atom. The van der Waals surface area contributed by atoms with Gasteiger partial charge in [0.2, 0.25) is 0 Å². The first-order valence-electron chi connectivity index (χ1n) is 6.73. The smallest absolute Gasteiger partial charge is 0.0564 e. The second-order valence-electron chi connectivity index (χ2n) is 4.86. The number of pyridine rings is 1. The summed E-state index contributed by atoms with van der Waals surface area (Å²) in [6, 6.07) is 4.20. The lowest BCUT2D eigenvalue weighted by molar-refractivity contribution is 0.311. The van der Waals surface area contributed by atoms with Crippen molar-refractivity contribution in [3.8, 4) is 0 Å². The third-order valence-corrected chi connectivity index (χ3v) is 3.53. The molecule has 0 spiro atoms. The van der Waals surface area contributed by atoms with Gasteiger partial charge in [-0.05, 0) is 37.9 Å². The van der Waals surface area contributed by atoms with Gasteiger partial charge in [0.15, 0.2) is 0 Å². The van der Waals surface area contributed by atoms with Gasteiger partial charge >= 0.3 is 0 Å². The van der Waals surface area contributed by atoms with Crippen LogP contribution in [0.5, 0.6) is 0 Å². The number of hydrogen-bond donors (Lipinski definition) is 1. The molecule has 0 amide bonds. The highest BCUT2D eigenvalue weighted by Crippen LogP contribution is 2.21. The molecule has 0 aromatic carbocycles. The number of aromatic nitrogens is 1. The van der Waals surface area contributed by atoms with E-state index in [-0.39, 0.29) is 0 Å². The average Bonchev–Trinajstić information content (AvgIpc) is 2.78. The fourth-order valence-electron chi connectivity index (χ4n) is 2.50. The van der Waals surface area contributed by atoms with Gasteiger partial charge in [-0.1, -0.05) is 13.3 Å². The minimum absolute atomic E-state index is 0.895. The molecule has 1 aliphatic rings. The van der Waals surface area contributed by atoms with Crippen molar-refractivity contribution >= 4 is 5.69 Å². The molecule has 1 atom stereocenters. The summed E-state index contributed by atoms with van der Waals surface area (Å²) in [5, 5.41) is 3.33. The van der Waals surface area contributed by atoms with Crippen LogP contribution in [0.15, 0.2) is 18.3 Å². The lowest BCUT2D eigenvalue weighted by Crippen LogP contribution is -2.20. The van der Waals surface area contributed by atoms with E-state index in [1.807, 2.05) is 12.3 Å². The molecule has 94 valence electrons. The lowest BCUT2D eigenvalue weighted by atomic mass is 10.1. The predicted octanol–water partition coefficient (Wildman–Crippen LogP) is 2.75. The molecule has 1 aromatic rings. The highest BCUT2D eigenvalue weighted by molar-refractivity contribution is 5.42. The van der Waals surface area contributed by atoms with Crippen LogP contribution in [0, 0.1) is 5.92 Å². The maximum atomic E-state index is 4.45. The standard InChI is InChI=1S/C14H23N3/c1-3-12-6-8-17(10-12)11-14-9-13(15-4-2)5-7-16-14/h5,7,9,12H,3-4,6,8,10-11H2,1-2H3,(H,15,16). The largest absolute Gasteiger partial charge is 0.385 e. The van der Waals surface area contributed by atoms with E-state index in [9.17, 15) is 0 Å². The summed E-state index contributed by atoms with van der Waals surface area (Å²) >= 11 is 0. The Hall–Kier alpha value is -1.09. The van der Waals surface area contributed by atoms with Gasteiger partial charge < -0.3 is 5.32 Å². The second-order valence-corrected chi connectivity index (χ2v) is 4.86. The van der Waals surface area contributed by atoms with Crippen LogP contribution in [-0.4, -0.2) is 29.5 Å². The molecule has 1 saturated heterocycles. The molecular formula is C14H23N3. The van der Waals surface area contributed by atoms with Gasteiger partial charge in [-0.15, -0.1) is 0 Å². The van der Waals surface area contributed by atoms with Crippen molar-refractivity contribution in [2.45, 2.75) is 33.2 Å². The van der Waals surface area contributed by atoms with Crippen molar-refractivity contribution in [3.63, 3.8) is 0 Å². The number of rotatable bonds is 5. The molecule has 1 fully saturated rings. The quantitative estimate of drug-likeness (QED) is 0.847. The van der Waals surface area contributed by atoms with E-state index in [2.05, 4.69) is 35.1 Å². The first-order valence-corrected chi connectivity index (χ1v) is 6.73. The van der Waals surface area contributed by atoms with Gasteiger partial charge in [-0.3, -0.25) is 9.88 Å². The van der Waals surface area contributed by atoms with Crippen LogP contribution in [-0.2, 0) is 6.54 Å². The van der Waals surface area contributed by atoms with Crippen LogP contribution in [0.3, 0.4) is 0 Å². The average molecular weight is 233 g/mol. The molecule has 17 heavy (non-hydrogen) atoms. The van der Waals surface area contributed by atoms with Crippen molar-refractivity contribution in [3.05, 3.63) is 24.0 Å². The van der Waals surface area contributed by atoms with Crippen LogP contribution in [0.2, 0.25) is 0 Å². The molecule has 2 heterocycles. The van der Waals surface area contributed by atoms with Gasteiger partial charge in [0.05, 0.1) is 5.69 Å². The highest BCUT2D eigenvalue weighted by Gasteiger charge is 2.20. The fourth-order valence-corrected chi connectivity index (χ4v) is 2.50. The Morgan fingerprint density at radius 2 is 2.35 bits per heavy atom. The molecule has 1 unspecified atom stereocenters. The summed E-state index contributed by atoms with van der Waals surface area (Å²) in [4.78, 5) is 6.97. The molecule has 0 saturated carbocycles. The Bertz CT molecular complexity index is 351. The van der Waals surface area contributed by atoms with Gasteiger partial charge in [-0.2, -0.15) is 0 Å². The molecule has 1 aliphatic heterocycles. The SMILES string of the molecule is CCNc1ccnc(CN2CCC(CC)C2)c1. The van der Waals surface area contributed by atoms with E-state index in [0.717, 1.165) is 19.0 Å². The zero-order valence-electron chi connectivity index (χ0n) is 10.9. The molecule has 1 aromatic heterocycles. The number of hydrogen-bond acceptors (Lipinski definition) is 3. The lowest BCUT2D eigenvalue weighted by Gasteiger charge is -2.15. The van der Waals surface area contributed by atoms with Crippen LogP contribution in [0.25, 0.3) is 0 Å². The van der Waals surface area contributed by atoms with Gasteiger partial charge in [0.1, 0.15) is 0 Å². The van der Waals surface area contributed by atoms with Crippen molar-refractivity contribution in [2.24, 2.45) is 5.92 Å². The van der Waals surface area contributed by atoms with Crippen LogP contribution < -0.4 is 5.32 Å². The summed E-state index contributed by atoms with van der Waals surface area (Å²) in [5.41, 5.74) is 2.36. The number of likely N-dealkylation sites (tertiary alicyclic amines) is 1. The summed E-state index contributed by atoms with van der Waals surface area (Å²) < 4.78 is 0. The predicted molar refractivity (Wildman–Crippen MR) is 72.1 cm³/mol. The number of anilines is 1. The highest BCUT2D eigenvalue weighted by atomic mass is 15.1. The topological polar surface area (TPSA) is 28.2 Å². The third kappa shape index (κ3) is 3.43. The van der Waals surface area contributed by atoms with Gasteiger partial charge in [-0.25, -0.2) is 0 Å². The zero-order valence-corrected chi connectivity index (χ0v) is 10.9. The summed E-state index contributed by atoms with van der Waals surface area (Å²) in [6.07, 6.45) is 4.56. The van der Waals surface area contributed by atoms with E-state index < -0.39 is 0 Å². The Morgan fingerprint density at radius 3 is 3.06 bits per heavy atom. The van der Waals surface area contributed by atoms with E-state index in [0.29, 0.717) is 0 Å². The Kier molecular flexibility index (Phi) is 4.37. The van der Waals surface area contributed by atoms with Crippen LogP contribution >= 0.6 is 0 Å². The van der Waals surface area contributed by atoms with Crippen molar-refractivity contribution < 1.29 is 0 Å². The molecular weight excluding hydrogens is 210 g/mol. The van der Waals surface area contributed by atoms with Crippen LogP contribution in [0.1, 0.15) is 32.4 Å². The van der Waals surface area contributed by atoms with E-state index in [1.165, 1.54) is 37.3 Å². The molecule has 0 bridgehead atoms. The number of nitrogens with one attached hydrogen (secondary N) is 1. The van der Waals surface area contributed by atoms with Gasteiger partial charge in [0.25, 0.3) is 0 Å². The summed E-state index contributed by atoms with van der Waals surface area (Å²) in [7, 11) is 0. The summed E-state index contributed by atoms with van der Waals surface area (Å²) in [6.45, 7) is 8.83. The third-order valence-electron chi connectivity index (χ3n) is 3.53. The molecule has 1 N–H and O–H groups in total. The maximum absolute atomic E-state index is 4.45. The minimum atomic E-state index is 0.895. The zero-order chi connectivity index (χ0) is 12.1. The van der Waals surface area contributed by atoms with Crippen molar-refractivity contribution in [1.29, 1.82) is 0 Å². The first-order chi connectivity index (χ1) is 8.31. The Labute approximate surface area is 104 Å². The molecule has 3 nitrogen and oxygen atoms in total. The Balaban J connectivity index is 1.92. The second kappa shape index (κ2) is 6.01. The normalized spacial score (nSPS) is 20.7. The maximum Gasteiger partial charge on any atom is 0.0564 e. The van der Waals surface area contributed by atoms with E-state index >= 15 is 0 Å². The fraction of sp³-hybridized carbons (Fsp3) is 0.643. The van der Waals surface area contributed by atoms with Crippen LogP contribution in [0.4, 0.5) is 5.69 Å². The molecule has 3 heteroatoms. The number of nitrogens with zero attached hydrogens (tertiary/aromatic N) is 2.